The highest BCUT2D eigenvalue weighted by Gasteiger charge is 2.32. The molecular formula is C10H18N2O3. The molecule has 0 bridgehead atoms. The zero-order valence-electron chi connectivity index (χ0n) is 9.40. The number of ether oxygens (including phenoxy) is 3. The molecule has 1 aliphatic heterocycles. The minimum atomic E-state index is -0.513. The summed E-state index contributed by atoms with van der Waals surface area (Å²) >= 11 is 0. The Bertz CT molecular complexity index is 261. The summed E-state index contributed by atoms with van der Waals surface area (Å²) in [5.74, 6) is -0.0212. The van der Waals surface area contributed by atoms with Gasteiger partial charge in [0.1, 0.15) is 12.7 Å². The SMILES string of the molecule is CN=C(C=CN)OCC1COC(C)(C)O1. The van der Waals surface area contributed by atoms with Crippen LogP contribution in [0, 0.1) is 0 Å². The highest BCUT2D eigenvalue weighted by molar-refractivity contribution is 5.87. The molecule has 0 aromatic heterocycles. The Morgan fingerprint density at radius 1 is 1.67 bits per heavy atom. The van der Waals surface area contributed by atoms with Crippen molar-refractivity contribution in [3.05, 3.63) is 12.3 Å². The van der Waals surface area contributed by atoms with E-state index in [2.05, 4.69) is 4.99 Å². The number of nitrogens with two attached hydrogens (primary N) is 1. The van der Waals surface area contributed by atoms with Gasteiger partial charge >= 0.3 is 0 Å². The molecule has 1 saturated heterocycles. The number of aliphatic imine (C=N–C) groups is 1. The molecule has 1 fully saturated rings. The Morgan fingerprint density at radius 3 is 2.87 bits per heavy atom. The van der Waals surface area contributed by atoms with Gasteiger partial charge in [0.15, 0.2) is 5.79 Å². The second-order valence-electron chi connectivity index (χ2n) is 3.68. The van der Waals surface area contributed by atoms with Crippen molar-refractivity contribution in [3.63, 3.8) is 0 Å². The van der Waals surface area contributed by atoms with Crippen molar-refractivity contribution in [2.75, 3.05) is 20.3 Å². The van der Waals surface area contributed by atoms with Gasteiger partial charge in [-0.15, -0.1) is 0 Å². The first-order chi connectivity index (χ1) is 7.07. The van der Waals surface area contributed by atoms with Crippen LogP contribution in [-0.4, -0.2) is 38.1 Å². The highest BCUT2D eigenvalue weighted by Crippen LogP contribution is 2.22. The van der Waals surface area contributed by atoms with Crippen molar-refractivity contribution in [1.29, 1.82) is 0 Å². The van der Waals surface area contributed by atoms with Gasteiger partial charge < -0.3 is 19.9 Å². The van der Waals surface area contributed by atoms with E-state index in [0.717, 1.165) is 0 Å². The zero-order valence-corrected chi connectivity index (χ0v) is 9.40. The van der Waals surface area contributed by atoms with Gasteiger partial charge in [-0.2, -0.15) is 0 Å². The summed E-state index contributed by atoms with van der Waals surface area (Å²) in [5.41, 5.74) is 5.23. The van der Waals surface area contributed by atoms with Gasteiger partial charge in [-0.05, 0) is 20.0 Å². The zero-order chi connectivity index (χ0) is 11.3. The van der Waals surface area contributed by atoms with E-state index in [1.54, 1.807) is 13.1 Å². The van der Waals surface area contributed by atoms with E-state index in [0.29, 0.717) is 19.1 Å². The summed E-state index contributed by atoms with van der Waals surface area (Å²) in [6.07, 6.45) is 2.93. The molecule has 0 saturated carbocycles. The van der Waals surface area contributed by atoms with Crippen LogP contribution in [0.3, 0.4) is 0 Å². The Kier molecular flexibility index (Phi) is 4.11. The molecule has 0 aliphatic carbocycles. The quantitative estimate of drug-likeness (QED) is 0.553. The van der Waals surface area contributed by atoms with Gasteiger partial charge in [-0.1, -0.05) is 0 Å². The number of rotatable bonds is 3. The van der Waals surface area contributed by atoms with Crippen molar-refractivity contribution in [3.8, 4) is 0 Å². The second kappa shape index (κ2) is 5.14. The fraction of sp³-hybridized carbons (Fsp3) is 0.700. The molecule has 15 heavy (non-hydrogen) atoms. The Labute approximate surface area is 89.9 Å². The van der Waals surface area contributed by atoms with Gasteiger partial charge in [0.2, 0.25) is 5.90 Å². The molecular weight excluding hydrogens is 196 g/mol. The fourth-order valence-electron chi connectivity index (χ4n) is 1.29. The Morgan fingerprint density at radius 2 is 2.40 bits per heavy atom. The van der Waals surface area contributed by atoms with Crippen LogP contribution in [0.1, 0.15) is 13.8 Å². The molecule has 86 valence electrons. The van der Waals surface area contributed by atoms with Crippen molar-refractivity contribution in [2.24, 2.45) is 10.7 Å². The van der Waals surface area contributed by atoms with Crippen molar-refractivity contribution in [1.82, 2.24) is 0 Å². The molecule has 1 atom stereocenters. The van der Waals surface area contributed by atoms with E-state index < -0.39 is 5.79 Å². The number of hydrogen-bond donors (Lipinski definition) is 1. The summed E-state index contributed by atoms with van der Waals surface area (Å²) in [6.45, 7) is 4.71. The summed E-state index contributed by atoms with van der Waals surface area (Å²) in [6, 6.07) is 0. The van der Waals surface area contributed by atoms with E-state index in [9.17, 15) is 0 Å². The average molecular weight is 214 g/mol. The molecule has 0 spiro atoms. The average Bonchev–Trinajstić information content (AvgIpc) is 2.53. The highest BCUT2D eigenvalue weighted by atomic mass is 16.7. The van der Waals surface area contributed by atoms with Gasteiger partial charge in [-0.25, -0.2) is 0 Å². The summed E-state index contributed by atoms with van der Waals surface area (Å²) < 4.78 is 16.3. The minimum Gasteiger partial charge on any atom is -0.475 e. The molecule has 2 N–H and O–H groups in total. The van der Waals surface area contributed by atoms with Crippen LogP contribution < -0.4 is 5.73 Å². The topological polar surface area (TPSA) is 66.1 Å². The predicted molar refractivity (Wildman–Crippen MR) is 57.5 cm³/mol. The van der Waals surface area contributed by atoms with Crippen LogP contribution in [0.4, 0.5) is 0 Å². The number of nitrogens with zero attached hydrogens (tertiary/aromatic N) is 1. The summed E-state index contributed by atoms with van der Waals surface area (Å²) in [7, 11) is 1.64. The van der Waals surface area contributed by atoms with E-state index in [4.69, 9.17) is 19.9 Å². The predicted octanol–water partition coefficient (Wildman–Crippen LogP) is 0.655. The molecule has 0 radical (unpaired) electrons. The molecule has 1 unspecified atom stereocenters. The van der Waals surface area contributed by atoms with Crippen LogP contribution >= 0.6 is 0 Å². The van der Waals surface area contributed by atoms with Gasteiger partial charge in [-0.3, -0.25) is 4.99 Å². The fourth-order valence-corrected chi connectivity index (χ4v) is 1.29. The summed E-state index contributed by atoms with van der Waals surface area (Å²) in [5, 5.41) is 0. The maximum absolute atomic E-state index is 5.56. The Balaban J connectivity index is 2.32. The van der Waals surface area contributed by atoms with Crippen LogP contribution in [-0.2, 0) is 14.2 Å². The normalized spacial score (nSPS) is 26.1. The maximum Gasteiger partial charge on any atom is 0.209 e. The van der Waals surface area contributed by atoms with Crippen LogP contribution in [0.5, 0.6) is 0 Å². The first-order valence-corrected chi connectivity index (χ1v) is 4.87. The smallest absolute Gasteiger partial charge is 0.209 e. The van der Waals surface area contributed by atoms with Crippen LogP contribution in [0.25, 0.3) is 0 Å². The van der Waals surface area contributed by atoms with Crippen molar-refractivity contribution < 1.29 is 14.2 Å². The minimum absolute atomic E-state index is 0.0528. The Hall–Kier alpha value is -1.07. The van der Waals surface area contributed by atoms with E-state index >= 15 is 0 Å². The molecule has 0 aromatic carbocycles. The molecule has 0 amide bonds. The van der Waals surface area contributed by atoms with Crippen molar-refractivity contribution >= 4 is 5.90 Å². The van der Waals surface area contributed by atoms with Crippen LogP contribution in [0.2, 0.25) is 0 Å². The third-order valence-electron chi connectivity index (χ3n) is 1.94. The first kappa shape index (κ1) is 12.0. The molecule has 1 heterocycles. The lowest BCUT2D eigenvalue weighted by molar-refractivity contribution is -0.141. The van der Waals surface area contributed by atoms with Gasteiger partial charge in [0.25, 0.3) is 0 Å². The monoisotopic (exact) mass is 214 g/mol. The lowest BCUT2D eigenvalue weighted by atomic mass is 10.4. The van der Waals surface area contributed by atoms with Gasteiger partial charge in [0.05, 0.1) is 6.61 Å². The van der Waals surface area contributed by atoms with Gasteiger partial charge in [0, 0.05) is 13.1 Å². The van der Waals surface area contributed by atoms with Crippen LogP contribution in [0.15, 0.2) is 17.3 Å². The van der Waals surface area contributed by atoms with E-state index in [1.165, 1.54) is 6.20 Å². The lowest BCUT2D eigenvalue weighted by Crippen LogP contribution is -2.24. The summed E-state index contributed by atoms with van der Waals surface area (Å²) in [4.78, 5) is 3.91. The number of hydrogen-bond acceptors (Lipinski definition) is 5. The largest absolute Gasteiger partial charge is 0.475 e. The molecule has 1 aliphatic rings. The standard InChI is InChI=1S/C10H18N2O3/c1-10(2)14-7-8(15-10)6-13-9(12-3)4-5-11/h4-5,8H,6-7,11H2,1-3H3. The third-order valence-corrected chi connectivity index (χ3v) is 1.94. The van der Waals surface area contributed by atoms with Crippen molar-refractivity contribution in [2.45, 2.75) is 25.7 Å². The second-order valence-corrected chi connectivity index (χ2v) is 3.68. The molecule has 1 rings (SSSR count). The third kappa shape index (κ3) is 3.89. The molecule has 0 aromatic rings. The molecule has 5 nitrogen and oxygen atoms in total. The molecule has 5 heteroatoms. The van der Waals surface area contributed by atoms with E-state index in [-0.39, 0.29) is 6.10 Å². The maximum atomic E-state index is 5.56. The first-order valence-electron chi connectivity index (χ1n) is 4.87. The van der Waals surface area contributed by atoms with E-state index in [1.807, 2.05) is 13.8 Å². The lowest BCUT2D eigenvalue weighted by Gasteiger charge is -2.17.